The van der Waals surface area contributed by atoms with Crippen molar-refractivity contribution in [2.45, 2.75) is 0 Å². The number of rotatable bonds is 4. The Morgan fingerprint density at radius 2 is 1.73 bits per heavy atom. The third-order valence-corrected chi connectivity index (χ3v) is 4.38. The number of carbonyl (C=O) groups is 1. The minimum absolute atomic E-state index is 0.170. The summed E-state index contributed by atoms with van der Waals surface area (Å²) in [4.78, 5) is 16.3. The van der Waals surface area contributed by atoms with Crippen LogP contribution in [-0.4, -0.2) is 51.3 Å². The molecule has 0 aliphatic carbocycles. The number of amides is 2. The Hall–Kier alpha value is -2.96. The Kier molecular flexibility index (Phi) is 5.46. The molecule has 2 amide bonds. The molecule has 2 aromatic carbocycles. The van der Waals surface area contributed by atoms with Crippen LogP contribution in [0.2, 0.25) is 0 Å². The summed E-state index contributed by atoms with van der Waals surface area (Å²) in [6, 6.07) is 11.6. The van der Waals surface area contributed by atoms with Crippen molar-refractivity contribution in [3.63, 3.8) is 0 Å². The highest BCUT2D eigenvalue weighted by Gasteiger charge is 2.21. The van der Waals surface area contributed by atoms with Crippen molar-refractivity contribution in [3.8, 4) is 11.5 Å². The summed E-state index contributed by atoms with van der Waals surface area (Å²) in [5.74, 6) is 0.909. The highest BCUT2D eigenvalue weighted by molar-refractivity contribution is 5.90. The molecule has 0 atom stereocenters. The third-order valence-electron chi connectivity index (χ3n) is 4.38. The third kappa shape index (κ3) is 3.99. The van der Waals surface area contributed by atoms with Crippen LogP contribution in [0.3, 0.4) is 0 Å². The molecule has 1 aliphatic rings. The zero-order chi connectivity index (χ0) is 18.5. The number of urea groups is 1. The lowest BCUT2D eigenvalue weighted by molar-refractivity contribution is 0.208. The zero-order valence-corrected chi connectivity index (χ0v) is 14.9. The Labute approximate surface area is 152 Å². The lowest BCUT2D eigenvalue weighted by Gasteiger charge is -2.36. The molecule has 0 bridgehead atoms. The fourth-order valence-corrected chi connectivity index (χ4v) is 2.96. The molecular formula is C19H22FN3O3. The Morgan fingerprint density at radius 1 is 1.00 bits per heavy atom. The molecule has 26 heavy (non-hydrogen) atoms. The van der Waals surface area contributed by atoms with Crippen LogP contribution in [0.1, 0.15) is 0 Å². The molecule has 1 fully saturated rings. The van der Waals surface area contributed by atoms with E-state index in [2.05, 4.69) is 10.2 Å². The van der Waals surface area contributed by atoms with Gasteiger partial charge in [0.1, 0.15) is 5.82 Å². The van der Waals surface area contributed by atoms with E-state index in [0.29, 0.717) is 43.4 Å². The van der Waals surface area contributed by atoms with Crippen LogP contribution in [0.25, 0.3) is 0 Å². The van der Waals surface area contributed by atoms with E-state index in [0.717, 1.165) is 5.69 Å². The first kappa shape index (κ1) is 17.8. The largest absolute Gasteiger partial charge is 0.493 e. The number of hydrogen-bond acceptors (Lipinski definition) is 4. The summed E-state index contributed by atoms with van der Waals surface area (Å²) in [5.41, 5.74) is 1.48. The quantitative estimate of drug-likeness (QED) is 0.911. The average molecular weight is 359 g/mol. The number of hydrogen-bond donors (Lipinski definition) is 1. The summed E-state index contributed by atoms with van der Waals surface area (Å²) in [5, 5.41) is 2.87. The van der Waals surface area contributed by atoms with E-state index in [1.807, 2.05) is 6.07 Å². The van der Waals surface area contributed by atoms with Gasteiger partial charge in [0.05, 0.1) is 14.2 Å². The van der Waals surface area contributed by atoms with Crippen LogP contribution in [-0.2, 0) is 0 Å². The summed E-state index contributed by atoms with van der Waals surface area (Å²) < 4.78 is 23.8. The molecule has 0 radical (unpaired) electrons. The van der Waals surface area contributed by atoms with Gasteiger partial charge in [-0.05, 0) is 30.3 Å². The van der Waals surface area contributed by atoms with Gasteiger partial charge >= 0.3 is 6.03 Å². The Bertz CT molecular complexity index is 776. The first-order valence-electron chi connectivity index (χ1n) is 8.39. The van der Waals surface area contributed by atoms with Gasteiger partial charge in [0, 0.05) is 43.6 Å². The second-order valence-electron chi connectivity index (χ2n) is 5.95. The molecule has 0 saturated carbocycles. The first-order chi connectivity index (χ1) is 12.6. The van der Waals surface area contributed by atoms with Gasteiger partial charge in [0.2, 0.25) is 0 Å². The minimum Gasteiger partial charge on any atom is -0.493 e. The van der Waals surface area contributed by atoms with Crippen molar-refractivity contribution in [1.29, 1.82) is 0 Å². The number of nitrogens with one attached hydrogen (secondary N) is 1. The minimum atomic E-state index is -0.254. The van der Waals surface area contributed by atoms with Gasteiger partial charge in [-0.15, -0.1) is 0 Å². The molecule has 7 heteroatoms. The van der Waals surface area contributed by atoms with Crippen LogP contribution < -0.4 is 19.7 Å². The van der Waals surface area contributed by atoms with E-state index in [9.17, 15) is 9.18 Å². The fourth-order valence-electron chi connectivity index (χ4n) is 2.96. The SMILES string of the molecule is COc1ccc(NC(=O)N2CCN(c3cccc(F)c3)CC2)cc1OC. The van der Waals surface area contributed by atoms with Crippen LogP contribution in [0.5, 0.6) is 11.5 Å². The van der Waals surface area contributed by atoms with Gasteiger partial charge in [0.25, 0.3) is 0 Å². The van der Waals surface area contributed by atoms with Crippen molar-refractivity contribution in [2.24, 2.45) is 0 Å². The van der Waals surface area contributed by atoms with Crippen LogP contribution in [0.15, 0.2) is 42.5 Å². The lowest BCUT2D eigenvalue weighted by Crippen LogP contribution is -2.50. The van der Waals surface area contributed by atoms with E-state index in [1.54, 1.807) is 43.4 Å². The van der Waals surface area contributed by atoms with Gasteiger partial charge < -0.3 is 24.6 Å². The number of methoxy groups -OCH3 is 2. The summed E-state index contributed by atoms with van der Waals surface area (Å²) in [6.45, 7) is 2.44. The average Bonchev–Trinajstić information content (AvgIpc) is 2.68. The van der Waals surface area contributed by atoms with E-state index in [1.165, 1.54) is 12.1 Å². The van der Waals surface area contributed by atoms with Crippen molar-refractivity contribution in [3.05, 3.63) is 48.3 Å². The molecule has 3 rings (SSSR count). The molecule has 1 heterocycles. The summed E-state index contributed by atoms with van der Waals surface area (Å²) >= 11 is 0. The van der Waals surface area contributed by atoms with Crippen molar-refractivity contribution in [2.75, 3.05) is 50.6 Å². The standard InChI is InChI=1S/C19H22FN3O3/c1-25-17-7-6-15(13-18(17)26-2)21-19(24)23-10-8-22(9-11-23)16-5-3-4-14(20)12-16/h3-7,12-13H,8-11H2,1-2H3,(H,21,24). The molecule has 2 aromatic rings. The number of nitrogens with zero attached hydrogens (tertiary/aromatic N) is 2. The number of carbonyl (C=O) groups excluding carboxylic acids is 1. The first-order valence-corrected chi connectivity index (χ1v) is 8.39. The van der Waals surface area contributed by atoms with Gasteiger partial charge in [0.15, 0.2) is 11.5 Å². The maximum Gasteiger partial charge on any atom is 0.321 e. The van der Waals surface area contributed by atoms with Gasteiger partial charge in [-0.1, -0.05) is 6.07 Å². The highest BCUT2D eigenvalue weighted by atomic mass is 19.1. The van der Waals surface area contributed by atoms with E-state index < -0.39 is 0 Å². The summed E-state index contributed by atoms with van der Waals surface area (Å²) in [7, 11) is 3.11. The molecule has 0 aromatic heterocycles. The molecule has 0 unspecified atom stereocenters. The van der Waals surface area contributed by atoms with Crippen molar-refractivity contribution < 1.29 is 18.7 Å². The molecule has 1 aliphatic heterocycles. The van der Waals surface area contributed by atoms with E-state index >= 15 is 0 Å². The van der Waals surface area contributed by atoms with Crippen LogP contribution in [0.4, 0.5) is 20.6 Å². The second kappa shape index (κ2) is 7.95. The summed E-state index contributed by atoms with van der Waals surface area (Å²) in [6.07, 6.45) is 0. The van der Waals surface area contributed by atoms with Gasteiger partial charge in [-0.25, -0.2) is 9.18 Å². The van der Waals surface area contributed by atoms with Crippen LogP contribution in [0, 0.1) is 5.82 Å². The van der Waals surface area contributed by atoms with Gasteiger partial charge in [-0.3, -0.25) is 0 Å². The second-order valence-corrected chi connectivity index (χ2v) is 5.95. The molecule has 0 spiro atoms. The lowest BCUT2D eigenvalue weighted by atomic mass is 10.2. The fraction of sp³-hybridized carbons (Fsp3) is 0.316. The zero-order valence-electron chi connectivity index (χ0n) is 14.9. The molecule has 138 valence electrons. The van der Waals surface area contributed by atoms with Crippen molar-refractivity contribution >= 4 is 17.4 Å². The number of piperazine rings is 1. The van der Waals surface area contributed by atoms with E-state index in [4.69, 9.17) is 9.47 Å². The molecular weight excluding hydrogens is 337 g/mol. The Morgan fingerprint density at radius 3 is 2.38 bits per heavy atom. The Balaban J connectivity index is 1.58. The maximum atomic E-state index is 13.4. The topological polar surface area (TPSA) is 54.0 Å². The molecule has 6 nitrogen and oxygen atoms in total. The van der Waals surface area contributed by atoms with Crippen LogP contribution >= 0.6 is 0 Å². The highest BCUT2D eigenvalue weighted by Crippen LogP contribution is 2.30. The smallest absolute Gasteiger partial charge is 0.321 e. The maximum absolute atomic E-state index is 13.4. The van der Waals surface area contributed by atoms with Gasteiger partial charge in [-0.2, -0.15) is 0 Å². The predicted molar refractivity (Wildman–Crippen MR) is 98.8 cm³/mol. The number of halogens is 1. The monoisotopic (exact) mass is 359 g/mol. The normalized spacial score (nSPS) is 14.1. The molecule has 1 N–H and O–H groups in total. The van der Waals surface area contributed by atoms with E-state index in [-0.39, 0.29) is 11.8 Å². The molecule has 1 saturated heterocycles. The number of benzene rings is 2. The van der Waals surface area contributed by atoms with Crippen molar-refractivity contribution in [1.82, 2.24) is 4.90 Å². The predicted octanol–water partition coefficient (Wildman–Crippen LogP) is 3.20. The number of anilines is 2. The number of ether oxygens (including phenoxy) is 2.